The van der Waals surface area contributed by atoms with Gasteiger partial charge in [0.2, 0.25) is 0 Å². The van der Waals surface area contributed by atoms with Crippen molar-refractivity contribution in [3.05, 3.63) is 65.2 Å². The van der Waals surface area contributed by atoms with Gasteiger partial charge in [-0.25, -0.2) is 0 Å². The van der Waals surface area contributed by atoms with Gasteiger partial charge in [-0.3, -0.25) is 0 Å². The molecule has 2 heteroatoms. The molecule has 2 aromatic carbocycles. The van der Waals surface area contributed by atoms with Gasteiger partial charge in [-0.05, 0) is 51.5 Å². The third-order valence-corrected chi connectivity index (χ3v) is 3.87. The molecule has 0 spiro atoms. The van der Waals surface area contributed by atoms with E-state index in [1.54, 1.807) is 0 Å². The zero-order chi connectivity index (χ0) is 12.4. The Balaban J connectivity index is 2.00. The van der Waals surface area contributed by atoms with Gasteiger partial charge in [-0.1, -0.05) is 42.5 Å². The first-order valence-corrected chi connectivity index (χ1v) is 7.38. The quantitative estimate of drug-likeness (QED) is 0.759. The summed E-state index contributed by atoms with van der Waals surface area (Å²) >= 11 is 3.33. The van der Waals surface area contributed by atoms with E-state index >= 15 is 0 Å². The second kappa shape index (κ2) is 5.15. The standard InChI is InChI=1S/C16H15BrO/c17-11-18-16-8-4-7-14-13(9-10-15(14)16)12-5-2-1-3-6-12/h1-8,13H,9-11H2. The minimum Gasteiger partial charge on any atom is -0.482 e. The van der Waals surface area contributed by atoms with Crippen LogP contribution >= 0.6 is 15.9 Å². The lowest BCUT2D eigenvalue weighted by Gasteiger charge is -2.13. The second-order valence-electron chi connectivity index (χ2n) is 4.58. The number of benzene rings is 2. The summed E-state index contributed by atoms with van der Waals surface area (Å²) in [5.41, 5.74) is 4.78. The Hall–Kier alpha value is -1.28. The average molecular weight is 303 g/mol. The molecule has 0 saturated carbocycles. The number of rotatable bonds is 3. The van der Waals surface area contributed by atoms with Crippen LogP contribution in [0.3, 0.4) is 0 Å². The summed E-state index contributed by atoms with van der Waals surface area (Å²) in [6.07, 6.45) is 2.29. The maximum atomic E-state index is 5.65. The molecule has 1 aliphatic rings. The summed E-state index contributed by atoms with van der Waals surface area (Å²) in [6, 6.07) is 17.1. The summed E-state index contributed by atoms with van der Waals surface area (Å²) in [5, 5.41) is 0. The summed E-state index contributed by atoms with van der Waals surface area (Å²) < 4.78 is 5.65. The van der Waals surface area contributed by atoms with Crippen molar-refractivity contribution in [1.82, 2.24) is 0 Å². The highest BCUT2D eigenvalue weighted by Gasteiger charge is 2.26. The highest BCUT2D eigenvalue weighted by molar-refractivity contribution is 9.09. The van der Waals surface area contributed by atoms with Crippen LogP contribution in [0, 0.1) is 0 Å². The molecule has 0 radical (unpaired) electrons. The van der Waals surface area contributed by atoms with Crippen molar-refractivity contribution >= 4 is 15.9 Å². The fourth-order valence-corrected chi connectivity index (χ4v) is 3.09. The van der Waals surface area contributed by atoms with Crippen molar-refractivity contribution in [2.24, 2.45) is 0 Å². The molecule has 1 aliphatic carbocycles. The zero-order valence-corrected chi connectivity index (χ0v) is 11.7. The van der Waals surface area contributed by atoms with Crippen LogP contribution in [-0.2, 0) is 6.42 Å². The SMILES string of the molecule is BrCOc1cccc2c1CCC2c1ccccc1. The summed E-state index contributed by atoms with van der Waals surface area (Å²) in [4.78, 5) is 0. The van der Waals surface area contributed by atoms with Crippen molar-refractivity contribution in [3.63, 3.8) is 0 Å². The van der Waals surface area contributed by atoms with Crippen LogP contribution in [-0.4, -0.2) is 5.52 Å². The van der Waals surface area contributed by atoms with Gasteiger partial charge >= 0.3 is 0 Å². The smallest absolute Gasteiger partial charge is 0.143 e. The second-order valence-corrected chi connectivity index (χ2v) is 5.04. The molecule has 0 amide bonds. The van der Waals surface area contributed by atoms with Gasteiger partial charge in [0, 0.05) is 5.92 Å². The van der Waals surface area contributed by atoms with Gasteiger partial charge in [-0.15, -0.1) is 0 Å². The van der Waals surface area contributed by atoms with Crippen LogP contribution in [0.25, 0.3) is 0 Å². The van der Waals surface area contributed by atoms with Crippen LogP contribution in [0.4, 0.5) is 0 Å². The third-order valence-electron chi connectivity index (χ3n) is 3.64. The van der Waals surface area contributed by atoms with Gasteiger partial charge < -0.3 is 4.74 Å². The third kappa shape index (κ3) is 2.05. The highest BCUT2D eigenvalue weighted by atomic mass is 79.9. The van der Waals surface area contributed by atoms with E-state index in [0.29, 0.717) is 11.4 Å². The molecular formula is C16H15BrO. The van der Waals surface area contributed by atoms with E-state index in [1.807, 2.05) is 0 Å². The lowest BCUT2D eigenvalue weighted by molar-refractivity contribution is 0.394. The van der Waals surface area contributed by atoms with Crippen molar-refractivity contribution in [1.29, 1.82) is 0 Å². The van der Waals surface area contributed by atoms with Gasteiger partial charge in [-0.2, -0.15) is 0 Å². The average Bonchev–Trinajstić information content (AvgIpc) is 2.85. The lowest BCUT2D eigenvalue weighted by atomic mass is 9.93. The molecule has 0 heterocycles. The fourth-order valence-electron chi connectivity index (χ4n) is 2.85. The zero-order valence-electron chi connectivity index (χ0n) is 10.1. The number of hydrogen-bond donors (Lipinski definition) is 0. The maximum absolute atomic E-state index is 5.65. The Kier molecular flexibility index (Phi) is 3.37. The van der Waals surface area contributed by atoms with Crippen LogP contribution in [0.5, 0.6) is 5.75 Å². The molecule has 0 aromatic heterocycles. The number of alkyl halides is 1. The largest absolute Gasteiger partial charge is 0.482 e. The van der Waals surface area contributed by atoms with Crippen LogP contribution in [0.2, 0.25) is 0 Å². The lowest BCUT2D eigenvalue weighted by Crippen LogP contribution is -1.97. The van der Waals surface area contributed by atoms with Crippen molar-refractivity contribution in [2.75, 3.05) is 5.52 Å². The number of fused-ring (bicyclic) bond motifs is 1. The van der Waals surface area contributed by atoms with Gasteiger partial charge in [0.05, 0.1) is 0 Å². The molecule has 1 nitrogen and oxygen atoms in total. The number of ether oxygens (including phenoxy) is 1. The van der Waals surface area contributed by atoms with E-state index in [9.17, 15) is 0 Å². The first-order chi connectivity index (χ1) is 8.90. The molecule has 0 saturated heterocycles. The van der Waals surface area contributed by atoms with Crippen LogP contribution < -0.4 is 4.74 Å². The first-order valence-electron chi connectivity index (χ1n) is 6.25. The molecule has 0 aliphatic heterocycles. The van der Waals surface area contributed by atoms with Gasteiger partial charge in [0.25, 0.3) is 0 Å². The molecule has 3 rings (SSSR count). The van der Waals surface area contributed by atoms with E-state index in [-0.39, 0.29) is 0 Å². The van der Waals surface area contributed by atoms with Gasteiger partial charge in [0.1, 0.15) is 11.3 Å². The van der Waals surface area contributed by atoms with Gasteiger partial charge in [0.15, 0.2) is 0 Å². The van der Waals surface area contributed by atoms with E-state index in [4.69, 9.17) is 4.74 Å². The normalized spacial score (nSPS) is 17.5. The summed E-state index contributed by atoms with van der Waals surface area (Å²) in [5.74, 6) is 1.56. The van der Waals surface area contributed by atoms with Crippen molar-refractivity contribution in [3.8, 4) is 5.75 Å². The van der Waals surface area contributed by atoms with E-state index in [2.05, 4.69) is 64.5 Å². The van der Waals surface area contributed by atoms with Crippen molar-refractivity contribution < 1.29 is 4.74 Å². The molecule has 0 bridgehead atoms. The first kappa shape index (κ1) is 11.8. The minimum atomic E-state index is 0.528. The Labute approximate surface area is 116 Å². The summed E-state index contributed by atoms with van der Waals surface area (Å²) in [6.45, 7) is 0. The topological polar surface area (TPSA) is 9.23 Å². The molecule has 0 fully saturated rings. The molecule has 1 unspecified atom stereocenters. The molecule has 92 valence electrons. The number of hydrogen-bond acceptors (Lipinski definition) is 1. The van der Waals surface area contributed by atoms with Crippen LogP contribution in [0.15, 0.2) is 48.5 Å². The Morgan fingerprint density at radius 2 is 1.89 bits per heavy atom. The Morgan fingerprint density at radius 1 is 1.06 bits per heavy atom. The van der Waals surface area contributed by atoms with E-state index in [0.717, 1.165) is 12.2 Å². The predicted molar refractivity (Wildman–Crippen MR) is 77.5 cm³/mol. The molecule has 2 aromatic rings. The monoisotopic (exact) mass is 302 g/mol. The van der Waals surface area contributed by atoms with E-state index in [1.165, 1.54) is 23.1 Å². The maximum Gasteiger partial charge on any atom is 0.143 e. The Bertz CT molecular complexity index is 536. The highest BCUT2D eigenvalue weighted by Crippen LogP contribution is 2.41. The van der Waals surface area contributed by atoms with Crippen molar-refractivity contribution in [2.45, 2.75) is 18.8 Å². The molecule has 0 N–H and O–H groups in total. The predicted octanol–water partition coefficient (Wildman–Crippen LogP) is 4.50. The summed E-state index contributed by atoms with van der Waals surface area (Å²) in [7, 11) is 0. The van der Waals surface area contributed by atoms with E-state index < -0.39 is 0 Å². The molecule has 1 atom stereocenters. The molecular weight excluding hydrogens is 288 g/mol. The number of halogens is 1. The molecule has 18 heavy (non-hydrogen) atoms. The fraction of sp³-hybridized carbons (Fsp3) is 0.250. The Morgan fingerprint density at radius 3 is 2.67 bits per heavy atom. The van der Waals surface area contributed by atoms with Crippen LogP contribution in [0.1, 0.15) is 29.0 Å². The minimum absolute atomic E-state index is 0.528.